The highest BCUT2D eigenvalue weighted by Gasteiger charge is 2.74. The number of nitrogens with one attached hydrogen (secondary N) is 1. The molecule has 1 aromatic heterocycles. The maximum Gasteiger partial charge on any atom is 0.324 e. The normalized spacial score (nSPS) is 23.1. The quantitative estimate of drug-likeness (QED) is 0.0832. The van der Waals surface area contributed by atoms with Gasteiger partial charge < -0.3 is 39.2 Å². The lowest BCUT2D eigenvalue weighted by atomic mass is 9.64. The fraction of sp³-hybridized carbons (Fsp3) is 0.314. The molecule has 67 heavy (non-hydrogen) atoms. The van der Waals surface area contributed by atoms with Gasteiger partial charge >= 0.3 is 17.9 Å². The first-order valence-electron chi connectivity index (χ1n) is 22.0. The Hall–Kier alpha value is -7.61. The number of cyclic esters (lactones) is 1. The molecular weight excluding hydrogens is 857 g/mol. The average molecular weight is 905 g/mol. The number of aliphatic hydroxyl groups excluding tert-OH is 1. The zero-order valence-electron chi connectivity index (χ0n) is 36.8. The number of amides is 2. The van der Waals surface area contributed by atoms with Gasteiger partial charge in [-0.3, -0.25) is 28.9 Å². The van der Waals surface area contributed by atoms with E-state index in [4.69, 9.17) is 18.9 Å². The van der Waals surface area contributed by atoms with Crippen LogP contribution < -0.4 is 15.0 Å². The molecule has 3 saturated heterocycles. The van der Waals surface area contributed by atoms with Gasteiger partial charge in [-0.15, -0.1) is 0 Å². The molecule has 16 heteroatoms. The number of aliphatic hydroxyl groups is 1. The SMILES string of the molecule is COC(=O)C(CC#Cc1ccc2c(c1)[C@]1(C(=O)N2)[C@H](C(=O)N2CCN(c3ncccn3)CC2)[C@H]2C(=O)O[C@H](c3ccccc3)[C@H](c3ccccc3)N2[C@@H]1c1ccccc1OCCO)C(=O)OC. The second-order valence-corrected chi connectivity index (χ2v) is 16.6. The van der Waals surface area contributed by atoms with E-state index in [1.165, 1.54) is 14.2 Å². The molecule has 5 aromatic rings. The molecule has 1 spiro atoms. The summed E-state index contributed by atoms with van der Waals surface area (Å²) in [5, 5.41) is 13.1. The Kier molecular flexibility index (Phi) is 12.7. The van der Waals surface area contributed by atoms with Gasteiger partial charge in [-0.05, 0) is 47.0 Å². The molecule has 5 heterocycles. The van der Waals surface area contributed by atoms with Crippen LogP contribution >= 0.6 is 0 Å². The summed E-state index contributed by atoms with van der Waals surface area (Å²) in [6.07, 6.45) is 2.20. The fourth-order valence-corrected chi connectivity index (χ4v) is 10.2. The summed E-state index contributed by atoms with van der Waals surface area (Å²) in [5.41, 5.74) is 1.35. The van der Waals surface area contributed by atoms with Crippen molar-refractivity contribution in [2.24, 2.45) is 11.8 Å². The predicted molar refractivity (Wildman–Crippen MR) is 242 cm³/mol. The van der Waals surface area contributed by atoms with E-state index >= 15 is 14.4 Å². The lowest BCUT2D eigenvalue weighted by molar-refractivity contribution is -0.179. The van der Waals surface area contributed by atoms with Crippen LogP contribution in [-0.2, 0) is 43.6 Å². The van der Waals surface area contributed by atoms with Crippen molar-refractivity contribution in [2.45, 2.75) is 36.1 Å². The Labute approximate surface area is 386 Å². The molecule has 4 aliphatic rings. The molecule has 0 unspecified atom stereocenters. The summed E-state index contributed by atoms with van der Waals surface area (Å²) < 4.78 is 22.5. The number of hydrogen-bond acceptors (Lipinski definition) is 14. The van der Waals surface area contributed by atoms with Crippen molar-refractivity contribution < 1.29 is 48.0 Å². The summed E-state index contributed by atoms with van der Waals surface area (Å²) in [4.78, 5) is 86.7. The van der Waals surface area contributed by atoms with Gasteiger partial charge in [0.1, 0.15) is 29.9 Å². The third-order valence-electron chi connectivity index (χ3n) is 13.1. The van der Waals surface area contributed by atoms with Gasteiger partial charge in [0, 0.05) is 61.8 Å². The standard InChI is InChI=1S/C51H48N6O10/c1-64-46(60)36(47(61)65-2)19-11-13-32-21-22-38-37(31-32)51(49(63)54-38)40(45(59)55-25-27-56(28-26-55)50-52-23-12-24-53-50)42-48(62)67-43(34-16-7-4-8-17-34)41(33-14-5-3-6-15-33)57(42)44(51)35-18-9-10-20-39(35)66-30-29-58/h3-10,12,14-18,20-24,31,36,40-44,58H,19,25-30H2,1-2H3,(H,54,63)/t40-,41-,42-,43+,44+,51-/m0/s1. The predicted octanol–water partition coefficient (Wildman–Crippen LogP) is 4.17. The molecular formula is C51H48N6O10. The molecule has 6 atom stereocenters. The van der Waals surface area contributed by atoms with Crippen LogP contribution in [0.15, 0.2) is 122 Å². The van der Waals surface area contributed by atoms with Crippen molar-refractivity contribution in [1.29, 1.82) is 0 Å². The number of anilines is 2. The molecule has 0 radical (unpaired) electrons. The maximum atomic E-state index is 16.0. The van der Waals surface area contributed by atoms with E-state index in [0.717, 1.165) is 5.56 Å². The van der Waals surface area contributed by atoms with E-state index in [1.54, 1.807) is 53.7 Å². The minimum atomic E-state index is -1.86. The highest BCUT2D eigenvalue weighted by atomic mass is 16.6. The summed E-state index contributed by atoms with van der Waals surface area (Å²) in [7, 11) is 2.34. The van der Waals surface area contributed by atoms with Gasteiger partial charge in [-0.25, -0.2) is 9.97 Å². The fourth-order valence-electron chi connectivity index (χ4n) is 10.2. The molecule has 2 N–H and O–H groups in total. The molecule has 4 aromatic carbocycles. The number of fused-ring (bicyclic) bond motifs is 3. The smallest absolute Gasteiger partial charge is 0.324 e. The van der Waals surface area contributed by atoms with E-state index in [-0.39, 0.29) is 32.7 Å². The van der Waals surface area contributed by atoms with Crippen LogP contribution in [0.4, 0.5) is 11.6 Å². The molecule has 4 aliphatic heterocycles. The second kappa shape index (κ2) is 19.1. The van der Waals surface area contributed by atoms with Crippen molar-refractivity contribution in [2.75, 3.05) is 63.8 Å². The molecule has 0 bridgehead atoms. The number of morpholine rings is 1. The van der Waals surface area contributed by atoms with E-state index in [2.05, 4.69) is 27.1 Å². The van der Waals surface area contributed by atoms with Gasteiger partial charge in [0.15, 0.2) is 5.92 Å². The largest absolute Gasteiger partial charge is 0.491 e. The van der Waals surface area contributed by atoms with E-state index in [9.17, 15) is 14.7 Å². The van der Waals surface area contributed by atoms with Crippen molar-refractivity contribution >= 4 is 41.4 Å². The molecule has 0 saturated carbocycles. The van der Waals surface area contributed by atoms with Gasteiger partial charge in [0.25, 0.3) is 0 Å². The molecule has 16 nitrogen and oxygen atoms in total. The first-order chi connectivity index (χ1) is 32.7. The number of carbonyl (C=O) groups is 5. The van der Waals surface area contributed by atoms with Crippen LogP contribution in [0.2, 0.25) is 0 Å². The molecule has 0 aliphatic carbocycles. The van der Waals surface area contributed by atoms with Gasteiger partial charge in [0.05, 0.1) is 38.8 Å². The zero-order chi connectivity index (χ0) is 46.7. The number of hydrogen-bond donors (Lipinski definition) is 2. The summed E-state index contributed by atoms with van der Waals surface area (Å²) in [5.74, 6) is 0.940. The number of piperazine rings is 1. The molecule has 2 amide bonds. The number of esters is 3. The average Bonchev–Trinajstić information content (AvgIpc) is 3.85. The van der Waals surface area contributed by atoms with Crippen molar-refractivity contribution in [3.05, 3.63) is 149 Å². The number of para-hydroxylation sites is 1. The Bertz CT molecular complexity index is 2710. The van der Waals surface area contributed by atoms with Crippen LogP contribution in [0.1, 0.15) is 52.4 Å². The number of nitrogens with zero attached hydrogens (tertiary/aromatic N) is 5. The third kappa shape index (κ3) is 8.00. The molecule has 3 fully saturated rings. The monoisotopic (exact) mass is 904 g/mol. The van der Waals surface area contributed by atoms with Crippen LogP contribution in [-0.4, -0.2) is 114 Å². The lowest BCUT2D eigenvalue weighted by Gasteiger charge is -2.46. The first-order valence-corrected chi connectivity index (χ1v) is 22.0. The first kappa shape index (κ1) is 44.6. The Balaban J connectivity index is 1.27. The topological polar surface area (TPSA) is 190 Å². The van der Waals surface area contributed by atoms with Gasteiger partial charge in [-0.1, -0.05) is 90.7 Å². The van der Waals surface area contributed by atoms with Crippen molar-refractivity contribution in [3.63, 3.8) is 0 Å². The minimum Gasteiger partial charge on any atom is -0.491 e. The van der Waals surface area contributed by atoms with Crippen LogP contribution in [0, 0.1) is 23.7 Å². The number of methoxy groups -OCH3 is 2. The summed E-state index contributed by atoms with van der Waals surface area (Å²) >= 11 is 0. The number of carbonyl (C=O) groups excluding carboxylic acids is 5. The maximum absolute atomic E-state index is 16.0. The number of rotatable bonds is 11. The van der Waals surface area contributed by atoms with E-state index in [1.807, 2.05) is 82.6 Å². The third-order valence-corrected chi connectivity index (χ3v) is 13.1. The van der Waals surface area contributed by atoms with Gasteiger partial charge in [0.2, 0.25) is 17.8 Å². The van der Waals surface area contributed by atoms with Gasteiger partial charge in [-0.2, -0.15) is 0 Å². The number of aromatic nitrogens is 2. The number of ether oxygens (including phenoxy) is 4. The molecule has 9 rings (SSSR count). The highest BCUT2D eigenvalue weighted by Crippen LogP contribution is 2.66. The summed E-state index contributed by atoms with van der Waals surface area (Å²) in [6.45, 7) is 0.878. The van der Waals surface area contributed by atoms with Crippen molar-refractivity contribution in [3.8, 4) is 17.6 Å². The van der Waals surface area contributed by atoms with Crippen LogP contribution in [0.3, 0.4) is 0 Å². The van der Waals surface area contributed by atoms with E-state index < -0.39 is 71.2 Å². The summed E-state index contributed by atoms with van der Waals surface area (Å²) in [6, 6.07) is 29.8. The van der Waals surface area contributed by atoms with Crippen LogP contribution in [0.25, 0.3) is 0 Å². The van der Waals surface area contributed by atoms with Crippen molar-refractivity contribution in [1.82, 2.24) is 19.8 Å². The lowest BCUT2D eigenvalue weighted by Crippen LogP contribution is -2.58. The minimum absolute atomic E-state index is 0.0740. The van der Waals surface area contributed by atoms with E-state index in [0.29, 0.717) is 52.7 Å². The highest BCUT2D eigenvalue weighted by molar-refractivity contribution is 6.12. The Morgan fingerprint density at radius 3 is 2.16 bits per heavy atom. The Morgan fingerprint density at radius 2 is 1.49 bits per heavy atom. The Morgan fingerprint density at radius 1 is 0.836 bits per heavy atom. The zero-order valence-corrected chi connectivity index (χ0v) is 36.8. The van der Waals surface area contributed by atoms with Crippen LogP contribution in [0.5, 0.6) is 5.75 Å². The molecule has 342 valence electrons. The second-order valence-electron chi connectivity index (χ2n) is 16.6. The number of benzene rings is 4.